The largest absolute Gasteiger partial charge is 0.416 e. The van der Waals surface area contributed by atoms with Gasteiger partial charge < -0.3 is 0 Å². The van der Waals surface area contributed by atoms with Gasteiger partial charge in [-0.15, -0.1) is 0 Å². The topological polar surface area (TPSA) is 20.3 Å². The summed E-state index contributed by atoms with van der Waals surface area (Å²) in [6.07, 6.45) is -0.946. The van der Waals surface area contributed by atoms with Gasteiger partial charge in [-0.05, 0) is 43.6 Å². The van der Waals surface area contributed by atoms with E-state index in [9.17, 15) is 18.0 Å². The number of likely N-dealkylation sites (tertiary alicyclic amines) is 1. The van der Waals surface area contributed by atoms with Crippen LogP contribution in [0.3, 0.4) is 0 Å². The van der Waals surface area contributed by atoms with Gasteiger partial charge in [-0.1, -0.05) is 42.8 Å². The van der Waals surface area contributed by atoms with Gasteiger partial charge in [0.1, 0.15) is 0 Å². The van der Waals surface area contributed by atoms with Crippen LogP contribution >= 0.6 is 0 Å². The van der Waals surface area contributed by atoms with Gasteiger partial charge in [-0.25, -0.2) is 0 Å². The number of hydrogen-bond acceptors (Lipinski definition) is 2. The molecule has 0 spiro atoms. The smallest absolute Gasteiger partial charge is 0.299 e. The van der Waals surface area contributed by atoms with E-state index in [0.717, 1.165) is 43.6 Å². The third-order valence-electron chi connectivity index (χ3n) is 4.56. The van der Waals surface area contributed by atoms with E-state index in [0.29, 0.717) is 12.1 Å². The van der Waals surface area contributed by atoms with Gasteiger partial charge in [0.05, 0.1) is 5.56 Å². The van der Waals surface area contributed by atoms with Crippen molar-refractivity contribution in [3.63, 3.8) is 0 Å². The summed E-state index contributed by atoms with van der Waals surface area (Å²) in [5.41, 5.74) is 0.618. The standard InChI is InChI=1S/C20H20F3NO/c21-20(22,23)17-9-6-8-15(13-17)19(25)18-10-3-2-7-16(18)14-24-11-4-1-5-12-24/h2-3,6-10,13H,1,4-5,11-12,14H2. The molecule has 1 fully saturated rings. The van der Waals surface area contributed by atoms with Crippen molar-refractivity contribution in [2.45, 2.75) is 32.0 Å². The first-order chi connectivity index (χ1) is 11.9. The van der Waals surface area contributed by atoms with Gasteiger partial charge in [-0.2, -0.15) is 13.2 Å². The quantitative estimate of drug-likeness (QED) is 0.732. The van der Waals surface area contributed by atoms with Crippen LogP contribution in [0.15, 0.2) is 48.5 Å². The lowest BCUT2D eigenvalue weighted by atomic mass is 9.96. The van der Waals surface area contributed by atoms with Crippen LogP contribution in [0.1, 0.15) is 46.3 Å². The average molecular weight is 347 g/mol. The van der Waals surface area contributed by atoms with Gasteiger partial charge in [0.2, 0.25) is 0 Å². The lowest BCUT2D eigenvalue weighted by molar-refractivity contribution is -0.137. The van der Waals surface area contributed by atoms with Crippen molar-refractivity contribution >= 4 is 5.78 Å². The molecule has 0 radical (unpaired) electrons. The van der Waals surface area contributed by atoms with Crippen molar-refractivity contribution < 1.29 is 18.0 Å². The Hall–Kier alpha value is -2.14. The van der Waals surface area contributed by atoms with E-state index in [2.05, 4.69) is 4.90 Å². The molecule has 1 aliphatic heterocycles. The number of rotatable bonds is 4. The second-order valence-corrected chi connectivity index (χ2v) is 6.40. The summed E-state index contributed by atoms with van der Waals surface area (Å²) in [6.45, 7) is 2.64. The highest BCUT2D eigenvalue weighted by molar-refractivity contribution is 6.10. The first-order valence-corrected chi connectivity index (χ1v) is 8.47. The Kier molecular flexibility index (Phi) is 5.23. The summed E-state index contributed by atoms with van der Waals surface area (Å²) in [5, 5.41) is 0. The Morgan fingerprint density at radius 2 is 1.68 bits per heavy atom. The maximum atomic E-state index is 12.9. The van der Waals surface area contributed by atoms with E-state index in [-0.39, 0.29) is 11.3 Å². The summed E-state index contributed by atoms with van der Waals surface area (Å²) in [7, 11) is 0. The first-order valence-electron chi connectivity index (χ1n) is 8.47. The number of piperidine rings is 1. The van der Waals surface area contributed by atoms with Crippen LogP contribution in [-0.4, -0.2) is 23.8 Å². The van der Waals surface area contributed by atoms with Crippen molar-refractivity contribution in [3.05, 3.63) is 70.8 Å². The maximum Gasteiger partial charge on any atom is 0.416 e. The molecular formula is C20H20F3NO. The minimum Gasteiger partial charge on any atom is -0.299 e. The number of ketones is 1. The second-order valence-electron chi connectivity index (χ2n) is 6.40. The van der Waals surface area contributed by atoms with Crippen molar-refractivity contribution in [3.8, 4) is 0 Å². The highest BCUT2D eigenvalue weighted by Crippen LogP contribution is 2.30. The molecule has 1 aliphatic rings. The van der Waals surface area contributed by atoms with Crippen molar-refractivity contribution in [2.75, 3.05) is 13.1 Å². The molecule has 0 atom stereocenters. The summed E-state index contributed by atoms with van der Waals surface area (Å²) in [6, 6.07) is 11.8. The molecule has 2 nitrogen and oxygen atoms in total. The monoisotopic (exact) mass is 347 g/mol. The van der Waals surface area contributed by atoms with Gasteiger partial charge >= 0.3 is 6.18 Å². The molecule has 3 rings (SSSR count). The Labute approximate surface area is 145 Å². The molecule has 0 aliphatic carbocycles. The molecule has 2 aromatic carbocycles. The molecule has 2 aromatic rings. The third-order valence-corrected chi connectivity index (χ3v) is 4.56. The number of halogens is 3. The van der Waals surface area contributed by atoms with E-state index in [4.69, 9.17) is 0 Å². The van der Waals surface area contributed by atoms with Crippen LogP contribution in [0.2, 0.25) is 0 Å². The zero-order chi connectivity index (χ0) is 17.9. The predicted octanol–water partition coefficient (Wildman–Crippen LogP) is 4.92. The van der Waals surface area contributed by atoms with Crippen LogP contribution in [0.25, 0.3) is 0 Å². The summed E-state index contributed by atoms with van der Waals surface area (Å²) in [5.74, 6) is -0.362. The van der Waals surface area contributed by atoms with E-state index in [1.54, 1.807) is 12.1 Å². The molecule has 0 N–H and O–H groups in total. The minimum atomic E-state index is -4.45. The number of carbonyl (C=O) groups excluding carboxylic acids is 1. The molecule has 1 saturated heterocycles. The zero-order valence-electron chi connectivity index (χ0n) is 13.9. The van der Waals surface area contributed by atoms with Gasteiger partial charge in [-0.3, -0.25) is 9.69 Å². The van der Waals surface area contributed by atoms with E-state index < -0.39 is 11.7 Å². The SMILES string of the molecule is O=C(c1cccc(C(F)(F)F)c1)c1ccccc1CN1CCCCC1. The number of carbonyl (C=O) groups is 1. The number of hydrogen-bond donors (Lipinski definition) is 0. The van der Waals surface area contributed by atoms with Crippen LogP contribution in [0, 0.1) is 0 Å². The number of alkyl halides is 3. The lowest BCUT2D eigenvalue weighted by Gasteiger charge is -2.27. The van der Waals surface area contributed by atoms with E-state index in [1.165, 1.54) is 18.6 Å². The fourth-order valence-corrected chi connectivity index (χ4v) is 3.23. The Bertz CT molecular complexity index is 749. The minimum absolute atomic E-state index is 0.0703. The predicted molar refractivity (Wildman–Crippen MR) is 90.4 cm³/mol. The zero-order valence-corrected chi connectivity index (χ0v) is 13.9. The second kappa shape index (κ2) is 7.40. The third kappa shape index (κ3) is 4.28. The normalized spacial score (nSPS) is 16.0. The fourth-order valence-electron chi connectivity index (χ4n) is 3.23. The number of nitrogens with zero attached hydrogens (tertiary/aromatic N) is 1. The van der Waals surface area contributed by atoms with Gasteiger partial charge in [0, 0.05) is 17.7 Å². The molecule has 0 bridgehead atoms. The highest BCUT2D eigenvalue weighted by Gasteiger charge is 2.31. The van der Waals surface area contributed by atoms with Gasteiger partial charge in [0.15, 0.2) is 5.78 Å². The molecule has 0 unspecified atom stereocenters. The van der Waals surface area contributed by atoms with Crippen molar-refractivity contribution in [1.29, 1.82) is 0 Å². The van der Waals surface area contributed by atoms with Crippen LogP contribution in [0.4, 0.5) is 13.2 Å². The molecule has 0 aromatic heterocycles. The van der Waals surface area contributed by atoms with Crippen LogP contribution in [-0.2, 0) is 12.7 Å². The average Bonchev–Trinajstić information content (AvgIpc) is 2.62. The molecule has 0 saturated carbocycles. The Morgan fingerprint density at radius 1 is 0.960 bits per heavy atom. The number of benzene rings is 2. The Balaban J connectivity index is 1.87. The van der Waals surface area contributed by atoms with Crippen LogP contribution < -0.4 is 0 Å². The van der Waals surface area contributed by atoms with Crippen molar-refractivity contribution in [1.82, 2.24) is 4.90 Å². The van der Waals surface area contributed by atoms with Crippen LogP contribution in [0.5, 0.6) is 0 Å². The molecule has 5 heteroatoms. The lowest BCUT2D eigenvalue weighted by Crippen LogP contribution is -2.29. The van der Waals surface area contributed by atoms with E-state index >= 15 is 0 Å². The summed E-state index contributed by atoms with van der Waals surface area (Å²) < 4.78 is 38.7. The first kappa shape index (κ1) is 17.7. The fraction of sp³-hybridized carbons (Fsp3) is 0.350. The molecular weight excluding hydrogens is 327 g/mol. The highest BCUT2D eigenvalue weighted by atomic mass is 19.4. The van der Waals surface area contributed by atoms with Gasteiger partial charge in [0.25, 0.3) is 0 Å². The molecule has 0 amide bonds. The summed E-state index contributed by atoms with van der Waals surface area (Å²) >= 11 is 0. The van der Waals surface area contributed by atoms with Crippen molar-refractivity contribution in [2.24, 2.45) is 0 Å². The molecule has 25 heavy (non-hydrogen) atoms. The maximum absolute atomic E-state index is 12.9. The molecule has 1 heterocycles. The Morgan fingerprint density at radius 3 is 2.40 bits per heavy atom. The van der Waals surface area contributed by atoms with E-state index in [1.807, 2.05) is 12.1 Å². The summed E-state index contributed by atoms with van der Waals surface area (Å²) in [4.78, 5) is 15.1. The molecule has 132 valence electrons.